The Morgan fingerprint density at radius 1 is 0.850 bits per heavy atom. The van der Waals surface area contributed by atoms with E-state index in [0.29, 0.717) is 25.1 Å². The minimum atomic E-state index is -3.54. The van der Waals surface area contributed by atoms with Crippen molar-refractivity contribution in [2.75, 3.05) is 23.7 Å². The first kappa shape index (κ1) is 30.9. The van der Waals surface area contributed by atoms with Gasteiger partial charge in [-0.25, -0.2) is 8.42 Å². The van der Waals surface area contributed by atoms with Gasteiger partial charge in [-0.15, -0.1) is 0 Å². The van der Waals surface area contributed by atoms with Crippen molar-refractivity contribution in [3.05, 3.63) is 101 Å². The Hall–Kier alpha value is -3.65. The maximum atomic E-state index is 13.8. The lowest BCUT2D eigenvalue weighted by Gasteiger charge is -2.32. The van der Waals surface area contributed by atoms with E-state index in [9.17, 15) is 18.0 Å². The highest BCUT2D eigenvalue weighted by molar-refractivity contribution is 7.92. The fourth-order valence-electron chi connectivity index (χ4n) is 4.64. The zero-order chi connectivity index (χ0) is 29.1. The number of nitrogens with zero attached hydrogens (tertiary/aromatic N) is 2. The summed E-state index contributed by atoms with van der Waals surface area (Å²) in [7, 11) is -3.54. The Morgan fingerprint density at radius 2 is 1.48 bits per heavy atom. The molecule has 0 aliphatic rings. The Labute approximate surface area is 239 Å². The molecule has 3 rings (SSSR count). The topological polar surface area (TPSA) is 86.8 Å². The van der Waals surface area contributed by atoms with Crippen molar-refractivity contribution < 1.29 is 18.0 Å². The number of hydrogen-bond donors (Lipinski definition) is 1. The molecule has 7 nitrogen and oxygen atoms in total. The van der Waals surface area contributed by atoms with Gasteiger partial charge in [0.05, 0.1) is 11.9 Å². The predicted molar refractivity (Wildman–Crippen MR) is 162 cm³/mol. The molecule has 0 aliphatic heterocycles. The summed E-state index contributed by atoms with van der Waals surface area (Å²) in [5, 5.41) is 2.90. The summed E-state index contributed by atoms with van der Waals surface area (Å²) in [5.74, 6) is -0.400. The van der Waals surface area contributed by atoms with Gasteiger partial charge in [0.1, 0.15) is 6.04 Å². The number of anilines is 1. The van der Waals surface area contributed by atoms with E-state index in [4.69, 9.17) is 0 Å². The maximum absolute atomic E-state index is 13.8. The number of hydrogen-bond acceptors (Lipinski definition) is 4. The van der Waals surface area contributed by atoms with Gasteiger partial charge < -0.3 is 10.2 Å². The first-order valence-electron chi connectivity index (χ1n) is 13.9. The van der Waals surface area contributed by atoms with Crippen molar-refractivity contribution in [2.24, 2.45) is 0 Å². The van der Waals surface area contributed by atoms with E-state index in [0.717, 1.165) is 28.7 Å². The summed E-state index contributed by atoms with van der Waals surface area (Å²) in [6.07, 6.45) is 2.84. The second-order valence-electron chi connectivity index (χ2n) is 10.1. The number of nitrogens with one attached hydrogen (secondary N) is 1. The van der Waals surface area contributed by atoms with E-state index in [2.05, 4.69) is 5.32 Å². The Bertz CT molecular complexity index is 1340. The van der Waals surface area contributed by atoms with E-state index in [1.807, 2.05) is 87.5 Å². The molecule has 1 unspecified atom stereocenters. The second kappa shape index (κ2) is 14.7. The molecular formula is C32H41N3O4S. The molecular weight excluding hydrogens is 522 g/mol. The molecule has 0 heterocycles. The van der Waals surface area contributed by atoms with Gasteiger partial charge in [-0.1, -0.05) is 79.2 Å². The van der Waals surface area contributed by atoms with Crippen LogP contribution in [0.4, 0.5) is 5.69 Å². The molecule has 1 atom stereocenters. The van der Waals surface area contributed by atoms with Gasteiger partial charge in [0.25, 0.3) is 0 Å². The fraction of sp³-hybridized carbons (Fsp3) is 0.375. The van der Waals surface area contributed by atoms with Gasteiger partial charge in [0, 0.05) is 32.5 Å². The number of sulfonamides is 1. The minimum absolute atomic E-state index is 0.107. The molecule has 0 fully saturated rings. The van der Waals surface area contributed by atoms with Gasteiger partial charge in [-0.2, -0.15) is 0 Å². The molecule has 0 aromatic heterocycles. The van der Waals surface area contributed by atoms with Crippen molar-refractivity contribution >= 4 is 27.5 Å². The average Bonchev–Trinajstić information content (AvgIpc) is 2.94. The highest BCUT2D eigenvalue weighted by Gasteiger charge is 2.30. The molecule has 2 amide bonds. The van der Waals surface area contributed by atoms with Crippen LogP contribution in [0, 0.1) is 6.92 Å². The molecule has 3 aromatic carbocycles. The van der Waals surface area contributed by atoms with Crippen LogP contribution < -0.4 is 9.62 Å². The minimum Gasteiger partial charge on any atom is -0.355 e. The Morgan fingerprint density at radius 3 is 2.05 bits per heavy atom. The lowest BCUT2D eigenvalue weighted by molar-refractivity contribution is -0.141. The summed E-state index contributed by atoms with van der Waals surface area (Å²) < 4.78 is 26.6. The molecule has 0 aliphatic carbocycles. The highest BCUT2D eigenvalue weighted by atomic mass is 32.2. The van der Waals surface area contributed by atoms with Crippen LogP contribution in [0.5, 0.6) is 0 Å². The zero-order valence-corrected chi connectivity index (χ0v) is 24.8. The predicted octanol–water partition coefficient (Wildman–Crippen LogP) is 4.88. The lowest BCUT2D eigenvalue weighted by Crippen LogP contribution is -2.50. The lowest BCUT2D eigenvalue weighted by atomic mass is 10.0. The van der Waals surface area contributed by atoms with Gasteiger partial charge in [-0.3, -0.25) is 13.9 Å². The van der Waals surface area contributed by atoms with Crippen LogP contribution in [0.2, 0.25) is 0 Å². The molecule has 0 spiro atoms. The Balaban J connectivity index is 1.84. The number of rotatable bonds is 14. The van der Waals surface area contributed by atoms with Crippen molar-refractivity contribution in [2.45, 2.75) is 59.0 Å². The van der Waals surface area contributed by atoms with Crippen LogP contribution in [-0.2, 0) is 39.0 Å². The molecule has 40 heavy (non-hydrogen) atoms. The summed E-state index contributed by atoms with van der Waals surface area (Å²) in [5.41, 5.74) is 4.69. The monoisotopic (exact) mass is 563 g/mol. The first-order valence-corrected chi connectivity index (χ1v) is 15.7. The molecule has 8 heteroatoms. The molecule has 1 N–H and O–H groups in total. The normalized spacial score (nSPS) is 12.0. The molecule has 0 saturated carbocycles. The second-order valence-corrected chi connectivity index (χ2v) is 12.0. The summed E-state index contributed by atoms with van der Waals surface area (Å²) >= 11 is 0. The van der Waals surface area contributed by atoms with Crippen molar-refractivity contribution in [3.8, 4) is 0 Å². The molecule has 0 bridgehead atoms. The third-order valence-corrected chi connectivity index (χ3v) is 8.07. The SMILES string of the molecule is CCNC(=O)C(Cc1ccccc1)N(Cc1ccc(C)cc1)C(=O)CCCN(c1ccc(CC)cc1)S(C)(=O)=O. The molecule has 214 valence electrons. The standard InChI is InChI=1S/C32H41N3O4S/c1-5-26-18-20-29(21-19-26)35(40(4,38)39)22-10-13-31(36)34(24-28-16-14-25(3)15-17-28)30(32(37)33-6-2)23-27-11-8-7-9-12-27/h7-9,11-12,14-21,30H,5-6,10,13,22-24H2,1-4H3,(H,33,37). The van der Waals surface area contributed by atoms with Crippen molar-refractivity contribution in [1.29, 1.82) is 0 Å². The number of benzene rings is 3. The zero-order valence-electron chi connectivity index (χ0n) is 24.0. The fourth-order valence-corrected chi connectivity index (χ4v) is 5.60. The average molecular weight is 564 g/mol. The largest absolute Gasteiger partial charge is 0.355 e. The van der Waals surface area contributed by atoms with Crippen LogP contribution in [0.1, 0.15) is 48.9 Å². The van der Waals surface area contributed by atoms with Crippen LogP contribution in [0.3, 0.4) is 0 Å². The third-order valence-electron chi connectivity index (χ3n) is 6.88. The van der Waals surface area contributed by atoms with Crippen LogP contribution in [-0.4, -0.2) is 50.5 Å². The number of amides is 2. The van der Waals surface area contributed by atoms with Crippen LogP contribution in [0.15, 0.2) is 78.9 Å². The highest BCUT2D eigenvalue weighted by Crippen LogP contribution is 2.21. The first-order chi connectivity index (χ1) is 19.1. The van der Waals surface area contributed by atoms with E-state index in [1.54, 1.807) is 17.0 Å². The summed E-state index contributed by atoms with van der Waals surface area (Å²) in [6.45, 7) is 6.81. The van der Waals surface area contributed by atoms with E-state index < -0.39 is 16.1 Å². The van der Waals surface area contributed by atoms with E-state index in [1.165, 1.54) is 10.6 Å². The maximum Gasteiger partial charge on any atom is 0.243 e. The number of carbonyl (C=O) groups is 2. The van der Waals surface area contributed by atoms with Gasteiger partial charge in [0.2, 0.25) is 21.8 Å². The summed E-state index contributed by atoms with van der Waals surface area (Å²) in [4.78, 5) is 28.7. The van der Waals surface area contributed by atoms with Gasteiger partial charge >= 0.3 is 0 Å². The molecule has 0 radical (unpaired) electrons. The quantitative estimate of drug-likeness (QED) is 0.303. The molecule has 0 saturated heterocycles. The van der Waals surface area contributed by atoms with Gasteiger partial charge in [-0.05, 0) is 55.5 Å². The van der Waals surface area contributed by atoms with Gasteiger partial charge in [0.15, 0.2) is 0 Å². The number of likely N-dealkylation sites (N-methyl/N-ethyl adjacent to an activating group) is 1. The van der Waals surface area contributed by atoms with Crippen LogP contribution >= 0.6 is 0 Å². The van der Waals surface area contributed by atoms with E-state index in [-0.39, 0.29) is 31.3 Å². The third kappa shape index (κ3) is 8.95. The summed E-state index contributed by atoms with van der Waals surface area (Å²) in [6, 6.07) is 24.3. The Kier molecular flexibility index (Phi) is 11.3. The van der Waals surface area contributed by atoms with E-state index >= 15 is 0 Å². The van der Waals surface area contributed by atoms with Crippen molar-refractivity contribution in [1.82, 2.24) is 10.2 Å². The smallest absolute Gasteiger partial charge is 0.243 e. The number of carbonyl (C=O) groups excluding carboxylic acids is 2. The number of aryl methyl sites for hydroxylation is 2. The van der Waals surface area contributed by atoms with Crippen molar-refractivity contribution in [3.63, 3.8) is 0 Å². The van der Waals surface area contributed by atoms with Crippen LogP contribution in [0.25, 0.3) is 0 Å². The molecule has 3 aromatic rings.